The number of nitrogens with two attached hydrogens (primary N) is 2. The molecule has 572 valence electrons. The van der Waals surface area contributed by atoms with E-state index >= 15 is 14.4 Å². The molecule has 35 heteroatoms. The number of rotatable bonds is 12. The molecule has 1 aromatic carbocycles. The molecule has 103 heavy (non-hydrogen) atoms. The third-order valence-electron chi connectivity index (χ3n) is 19.0. The number of benzene rings is 1. The molecular formula is C68H107N17O16S2. The number of imide groups is 1. The Morgan fingerprint density at radius 2 is 1.17 bits per heavy atom. The van der Waals surface area contributed by atoms with Crippen LogP contribution in [0.5, 0.6) is 0 Å². The molecule has 16 N–H and O–H groups in total. The van der Waals surface area contributed by atoms with Crippen molar-refractivity contribution in [3.63, 3.8) is 0 Å². The Morgan fingerprint density at radius 1 is 0.621 bits per heavy atom. The number of carbonyl (C=O) groups is 14. The fraction of sp³-hybridized carbons (Fsp3) is 0.691. The number of amides is 15. The second kappa shape index (κ2) is 39.0. The first-order valence-electron chi connectivity index (χ1n) is 35.5. The van der Waals surface area contributed by atoms with Gasteiger partial charge in [-0.25, -0.2) is 4.79 Å². The normalized spacial score (nSPS) is 28.0. The van der Waals surface area contributed by atoms with Gasteiger partial charge in [0.15, 0.2) is 5.96 Å². The molecule has 13 atom stereocenters. The smallest absolute Gasteiger partial charge is 0.324 e. The molecule has 0 saturated carbocycles. The van der Waals surface area contributed by atoms with Crippen LogP contribution in [0.25, 0.3) is 0 Å². The molecule has 7 rings (SSSR count). The van der Waals surface area contributed by atoms with Crippen LogP contribution in [0.1, 0.15) is 163 Å². The van der Waals surface area contributed by atoms with Gasteiger partial charge in [-0.3, -0.25) is 72.6 Å². The number of nitrogens with zero attached hydrogens (tertiary/aromatic N) is 4. The number of carbonyl (C=O) groups excluding carboxylic acids is 14. The van der Waals surface area contributed by atoms with Crippen LogP contribution in [0.4, 0.5) is 10.5 Å². The van der Waals surface area contributed by atoms with E-state index in [2.05, 4.69) is 63.5 Å². The third kappa shape index (κ3) is 23.9. The Labute approximate surface area is 609 Å². The second-order valence-electron chi connectivity index (χ2n) is 28.7. The Kier molecular flexibility index (Phi) is 31.7. The van der Waals surface area contributed by atoms with Crippen molar-refractivity contribution in [2.24, 2.45) is 33.7 Å². The predicted molar refractivity (Wildman–Crippen MR) is 385 cm³/mol. The topological polar surface area (TPSA) is 475 Å². The lowest BCUT2D eigenvalue weighted by atomic mass is 9.87. The molecule has 0 spiro atoms. The third-order valence-corrected chi connectivity index (χ3v) is 22.3. The summed E-state index contributed by atoms with van der Waals surface area (Å²) >= 11 is 0. The Hall–Kier alpha value is -8.31. The van der Waals surface area contributed by atoms with Crippen LogP contribution in [0.15, 0.2) is 29.3 Å². The fourth-order valence-corrected chi connectivity index (χ4v) is 15.6. The minimum atomic E-state index is -1.74. The predicted octanol–water partition coefficient (Wildman–Crippen LogP) is -0.506. The molecule has 0 radical (unpaired) electrons. The lowest BCUT2D eigenvalue weighted by Gasteiger charge is -2.36. The van der Waals surface area contributed by atoms with Crippen molar-refractivity contribution in [3.8, 4) is 0 Å². The summed E-state index contributed by atoms with van der Waals surface area (Å²) in [5.41, 5.74) is 11.0. The summed E-state index contributed by atoms with van der Waals surface area (Å²) in [4.78, 5) is 212. The van der Waals surface area contributed by atoms with Crippen LogP contribution in [0, 0.1) is 17.3 Å². The highest BCUT2D eigenvalue weighted by atomic mass is 33.1. The zero-order valence-electron chi connectivity index (χ0n) is 60.7. The van der Waals surface area contributed by atoms with E-state index in [1.165, 1.54) is 46.1 Å². The molecular weight excluding hydrogens is 1370 g/mol. The zero-order valence-corrected chi connectivity index (χ0v) is 62.3. The fourth-order valence-electron chi connectivity index (χ4n) is 12.8. The summed E-state index contributed by atoms with van der Waals surface area (Å²) in [6, 6.07) is -10.6. The van der Waals surface area contributed by atoms with E-state index < -0.39 is 184 Å². The average Bonchev–Trinajstić information content (AvgIpc) is 1.74. The monoisotopic (exact) mass is 1480 g/mol. The van der Waals surface area contributed by atoms with Gasteiger partial charge in [0.2, 0.25) is 65.0 Å². The standard InChI is InChI=1S/C68H107N17O16S2/c1-11-37(3)50-60(95)78-45-36-102-103-68(8,9)52(62(97)82-66(100)85-32-17-20-46(85)58(93)71-28-14-13-23-49(87)73-40-26-24-39(25-27-40)53(88)79-50)81-61(96)51(38(4)12-2)80-59(94)47-21-16-30-83(47)64(99)48-22-18-31-84(48)63(98)42(33-67(5,6)7)75-55(90)43(34-86)76-54(89)41(19-15-29-72-65(69)70)74-56(91)44(35-101-10)77-57(45)92/h24-27,37-38,41-48,50-52,86H,11-23,28-36H2,1-10H3,(H,71,93)(H,73,87)(H,74,91)(H,75,90)(H,76,89)(H,77,92)(H,78,95)(H,79,88)(H,80,94)(H,81,96)(H4,69,70,72)(H,82,97,100)/t37-,38-,41-,42-,43-,44-,45-,46-,47-,48-,50-,51-,52+/m0/s1. The Morgan fingerprint density at radius 3 is 1.79 bits per heavy atom. The molecule has 1 aromatic rings. The van der Waals surface area contributed by atoms with Crippen molar-refractivity contribution in [2.75, 3.05) is 64.1 Å². The van der Waals surface area contributed by atoms with E-state index in [4.69, 9.17) is 16.2 Å². The molecule has 4 fully saturated rings. The molecule has 4 saturated heterocycles. The number of aliphatic imine (C=N–C) groups is 1. The van der Waals surface area contributed by atoms with Crippen molar-refractivity contribution in [1.29, 1.82) is 0 Å². The second-order valence-corrected chi connectivity index (χ2v) is 31.7. The lowest BCUT2D eigenvalue weighted by Crippen LogP contribution is -2.63. The first-order valence-corrected chi connectivity index (χ1v) is 37.8. The number of urea groups is 1. The number of aliphatic hydroxyl groups excluding tert-OH is 1. The van der Waals surface area contributed by atoms with Gasteiger partial charge in [0.25, 0.3) is 11.8 Å². The van der Waals surface area contributed by atoms with Gasteiger partial charge in [0.05, 0.1) is 13.2 Å². The van der Waals surface area contributed by atoms with Gasteiger partial charge in [-0.05, 0) is 126 Å². The maximum atomic E-state index is 15.2. The highest BCUT2D eigenvalue weighted by Crippen LogP contribution is 2.39. The molecule has 4 bridgehead atoms. The van der Waals surface area contributed by atoms with Gasteiger partial charge >= 0.3 is 6.03 Å². The summed E-state index contributed by atoms with van der Waals surface area (Å²) < 4.78 is 3.90. The number of ether oxygens (including phenoxy) is 1. The highest BCUT2D eigenvalue weighted by Gasteiger charge is 2.48. The van der Waals surface area contributed by atoms with E-state index in [0.29, 0.717) is 50.6 Å². The number of aliphatic hydroxyl groups is 1. The minimum absolute atomic E-state index is 0.00814. The van der Waals surface area contributed by atoms with E-state index in [0.717, 1.165) is 21.6 Å². The number of methoxy groups -OCH3 is 1. The van der Waals surface area contributed by atoms with Gasteiger partial charge in [0.1, 0.15) is 66.5 Å². The van der Waals surface area contributed by atoms with Crippen LogP contribution >= 0.6 is 21.6 Å². The van der Waals surface area contributed by atoms with E-state index in [1.54, 1.807) is 41.5 Å². The zero-order chi connectivity index (χ0) is 76.0. The van der Waals surface area contributed by atoms with Gasteiger partial charge in [-0.2, -0.15) is 0 Å². The maximum Gasteiger partial charge on any atom is 0.324 e. The molecule has 6 heterocycles. The first kappa shape index (κ1) is 83.6. The molecule has 15 amide bonds. The summed E-state index contributed by atoms with van der Waals surface area (Å²) in [7, 11) is 3.08. The van der Waals surface area contributed by atoms with E-state index in [9.17, 15) is 57.8 Å². The van der Waals surface area contributed by atoms with Crippen molar-refractivity contribution in [3.05, 3.63) is 29.8 Å². The Balaban J connectivity index is 1.48. The van der Waals surface area contributed by atoms with Gasteiger partial charge in [-0.15, -0.1) is 0 Å². The number of nitrogens with one attached hydrogen (secondary N) is 11. The lowest BCUT2D eigenvalue weighted by molar-refractivity contribution is -0.148. The van der Waals surface area contributed by atoms with Crippen molar-refractivity contribution >= 4 is 116 Å². The molecule has 6 aliphatic rings. The molecule has 0 unspecified atom stereocenters. The summed E-state index contributed by atoms with van der Waals surface area (Å²) in [5.74, 6) is -12.1. The van der Waals surface area contributed by atoms with Crippen LogP contribution in [0.3, 0.4) is 0 Å². The van der Waals surface area contributed by atoms with Gasteiger partial charge < -0.3 is 89.2 Å². The summed E-state index contributed by atoms with van der Waals surface area (Å²) in [6.07, 6.45) is 3.04. The average molecular weight is 1480 g/mol. The molecule has 0 aliphatic carbocycles. The van der Waals surface area contributed by atoms with Gasteiger partial charge in [-0.1, -0.05) is 82.9 Å². The van der Waals surface area contributed by atoms with Gasteiger partial charge in [0, 0.05) is 68.0 Å². The van der Waals surface area contributed by atoms with Crippen LogP contribution in [0.2, 0.25) is 0 Å². The van der Waals surface area contributed by atoms with E-state index in [1.807, 2.05) is 20.8 Å². The number of hydrogen-bond acceptors (Lipinski definition) is 19. The summed E-state index contributed by atoms with van der Waals surface area (Å²) in [6.45, 7) is 14.3. The summed E-state index contributed by atoms with van der Waals surface area (Å²) in [5, 5.41) is 40.4. The number of guanidine groups is 1. The molecule has 33 nitrogen and oxygen atoms in total. The number of hydrogen-bond donors (Lipinski definition) is 14. The number of fused-ring (bicyclic) bond motifs is 17. The van der Waals surface area contributed by atoms with Crippen LogP contribution in [-0.4, -0.2) is 239 Å². The quantitative estimate of drug-likeness (QED) is 0.0543. The van der Waals surface area contributed by atoms with Crippen LogP contribution in [-0.2, 0) is 62.3 Å². The first-order chi connectivity index (χ1) is 48.7. The van der Waals surface area contributed by atoms with Crippen molar-refractivity contribution in [2.45, 2.75) is 223 Å². The minimum Gasteiger partial charge on any atom is -0.394 e. The molecule has 6 aliphatic heterocycles. The largest absolute Gasteiger partial charge is 0.394 e. The highest BCUT2D eigenvalue weighted by molar-refractivity contribution is 8.77. The van der Waals surface area contributed by atoms with E-state index in [-0.39, 0.29) is 95.1 Å². The van der Waals surface area contributed by atoms with Crippen molar-refractivity contribution in [1.82, 2.24) is 67.9 Å². The van der Waals surface area contributed by atoms with Crippen molar-refractivity contribution < 1.29 is 77.0 Å². The van der Waals surface area contributed by atoms with Crippen LogP contribution < -0.4 is 70.0 Å². The number of anilines is 1. The maximum absolute atomic E-state index is 15.2. The Bertz CT molecular complexity index is 3260. The molecule has 0 aromatic heterocycles. The SMILES string of the molecule is CC[C@H](C)[C@@H]1NC(=O)c2ccc(cc2)NC(=O)CCCCNC(=O)[C@@H]2CCCN2C(=O)NC(=O)[C@H]2NC(=O)[C@H]([C@@H](C)CC)NC(=O)[C@@H]3CCCN3C(=O)[C@@H]3CCCN3C(=O)[C@H](CC(C)(C)C)NC(=O)[C@H](CO)NC(=O)[C@H](CCCN=C(N)N)NC(=O)[C@H](COC)NC(=O)[C@H](CSSC2(C)C)NC1=O.